The molecule has 0 bridgehead atoms. The molecule has 1 N–H and O–H groups in total. The molecule has 4 nitrogen and oxygen atoms in total. The zero-order valence-corrected chi connectivity index (χ0v) is 12.0. The first-order chi connectivity index (χ1) is 6.82. The van der Waals surface area contributed by atoms with Crippen molar-refractivity contribution in [3.05, 3.63) is 42.0 Å². The third-order valence-corrected chi connectivity index (χ3v) is 2.80. The molecule has 1 atom stereocenters. The summed E-state index contributed by atoms with van der Waals surface area (Å²) in [6.45, 7) is 5.23. The Bertz CT molecular complexity index is 464. The second kappa shape index (κ2) is 5.95. The molecule has 0 aromatic heterocycles. The van der Waals surface area contributed by atoms with E-state index in [1.54, 1.807) is 6.92 Å². The Morgan fingerprint density at radius 1 is 1.38 bits per heavy atom. The van der Waals surface area contributed by atoms with Crippen LogP contribution in [0.5, 0.6) is 0 Å². The van der Waals surface area contributed by atoms with Gasteiger partial charge in [-0.15, -0.1) is 0 Å². The van der Waals surface area contributed by atoms with Crippen LogP contribution in [0.25, 0.3) is 0 Å². The summed E-state index contributed by atoms with van der Waals surface area (Å²) in [5, 5.41) is 9.56. The quantitative estimate of drug-likeness (QED) is 0.390. The Morgan fingerprint density at radius 3 is 2.12 bits per heavy atom. The van der Waals surface area contributed by atoms with Gasteiger partial charge in [0.25, 0.3) is 0 Å². The van der Waals surface area contributed by atoms with E-state index >= 15 is 0 Å². The van der Waals surface area contributed by atoms with Crippen LogP contribution in [0.4, 0.5) is 0 Å². The van der Waals surface area contributed by atoms with Gasteiger partial charge in [0.1, 0.15) is 10.1 Å². The predicted molar refractivity (Wildman–Crippen MR) is 54.2 cm³/mol. The summed E-state index contributed by atoms with van der Waals surface area (Å²) in [4.78, 5) is -0.305. The minimum atomic E-state index is -4.42. The average Bonchev–Trinajstić information content (AvgIpc) is 2.15. The predicted octanol–water partition coefficient (Wildman–Crippen LogP) is -1.80. The number of hydrogen-bond acceptors (Lipinski definition) is 4. The number of aliphatic hydroxyl groups excluding tert-OH is 1. The standard InChI is InChI=1S/C10H12O4S.Na/c1-7(2)10(11)8-3-5-9(6-4-8)15(12,13)14;/h3-6,10-11H,1H2,2H3,(H,12,13,14);/q;+1/p-1. The molecule has 1 aromatic rings. The van der Waals surface area contributed by atoms with Crippen molar-refractivity contribution in [1.82, 2.24) is 0 Å². The van der Waals surface area contributed by atoms with Crippen molar-refractivity contribution in [2.45, 2.75) is 17.9 Å². The maximum absolute atomic E-state index is 10.6. The van der Waals surface area contributed by atoms with Crippen molar-refractivity contribution in [3.8, 4) is 0 Å². The number of hydrogen-bond donors (Lipinski definition) is 1. The van der Waals surface area contributed by atoms with E-state index in [1.165, 1.54) is 24.3 Å². The van der Waals surface area contributed by atoms with Gasteiger partial charge in [-0.3, -0.25) is 0 Å². The van der Waals surface area contributed by atoms with Crippen molar-refractivity contribution < 1.29 is 47.6 Å². The molecule has 0 aliphatic heterocycles. The van der Waals surface area contributed by atoms with Gasteiger partial charge in [-0.05, 0) is 30.2 Å². The molecule has 0 spiro atoms. The number of benzene rings is 1. The fraction of sp³-hybridized carbons (Fsp3) is 0.200. The van der Waals surface area contributed by atoms with Gasteiger partial charge in [-0.2, -0.15) is 0 Å². The van der Waals surface area contributed by atoms with Gasteiger partial charge in [-0.25, -0.2) is 8.42 Å². The summed E-state index contributed by atoms with van der Waals surface area (Å²) < 4.78 is 31.8. The molecule has 1 unspecified atom stereocenters. The van der Waals surface area contributed by atoms with Crippen LogP contribution in [0.2, 0.25) is 0 Å². The first-order valence-corrected chi connectivity index (χ1v) is 5.62. The molecular formula is C10H11NaO4S. The van der Waals surface area contributed by atoms with Crippen LogP contribution < -0.4 is 29.6 Å². The third-order valence-electron chi connectivity index (χ3n) is 1.95. The van der Waals surface area contributed by atoms with Crippen molar-refractivity contribution in [2.75, 3.05) is 0 Å². The Balaban J connectivity index is 0.00000225. The minimum Gasteiger partial charge on any atom is -0.744 e. The molecule has 6 heteroatoms. The van der Waals surface area contributed by atoms with Crippen LogP contribution >= 0.6 is 0 Å². The van der Waals surface area contributed by atoms with E-state index < -0.39 is 16.2 Å². The van der Waals surface area contributed by atoms with Gasteiger partial charge >= 0.3 is 29.6 Å². The molecule has 1 rings (SSSR count). The Morgan fingerprint density at radius 2 is 1.81 bits per heavy atom. The molecule has 1 aromatic carbocycles. The molecular weight excluding hydrogens is 239 g/mol. The Hall–Kier alpha value is -0.170. The van der Waals surface area contributed by atoms with Gasteiger partial charge in [0.05, 0.1) is 11.0 Å². The molecule has 16 heavy (non-hydrogen) atoms. The molecule has 0 aliphatic rings. The van der Waals surface area contributed by atoms with Gasteiger partial charge in [-0.1, -0.05) is 18.7 Å². The first kappa shape index (κ1) is 15.8. The van der Waals surface area contributed by atoms with Crippen LogP contribution in [0.1, 0.15) is 18.6 Å². The molecule has 0 fully saturated rings. The summed E-state index contributed by atoms with van der Waals surface area (Å²) in [6.07, 6.45) is -0.839. The zero-order valence-electron chi connectivity index (χ0n) is 9.17. The SMILES string of the molecule is C=C(C)C(O)c1ccc(S(=O)(=O)[O-])cc1.[Na+]. The van der Waals surface area contributed by atoms with Gasteiger partial charge < -0.3 is 9.66 Å². The smallest absolute Gasteiger partial charge is 0.744 e. The summed E-state index contributed by atoms with van der Waals surface area (Å²) in [6, 6.07) is 5.13. The van der Waals surface area contributed by atoms with Crippen molar-refractivity contribution in [2.24, 2.45) is 0 Å². The molecule has 0 saturated carbocycles. The normalized spacial score (nSPS) is 12.7. The van der Waals surface area contributed by atoms with Crippen molar-refractivity contribution in [3.63, 3.8) is 0 Å². The summed E-state index contributed by atoms with van der Waals surface area (Å²) in [7, 11) is -4.42. The van der Waals surface area contributed by atoms with Crippen LogP contribution in [0, 0.1) is 0 Å². The fourth-order valence-corrected chi connectivity index (χ4v) is 1.57. The summed E-state index contributed by atoms with van der Waals surface area (Å²) in [5.74, 6) is 0. The van der Waals surface area contributed by atoms with E-state index in [0.717, 1.165) is 0 Å². The second-order valence-electron chi connectivity index (χ2n) is 3.27. The average molecular weight is 250 g/mol. The van der Waals surface area contributed by atoms with Crippen LogP contribution in [0.15, 0.2) is 41.3 Å². The Kier molecular flexibility index (Phi) is 5.89. The van der Waals surface area contributed by atoms with E-state index in [0.29, 0.717) is 11.1 Å². The van der Waals surface area contributed by atoms with E-state index in [4.69, 9.17) is 0 Å². The van der Waals surface area contributed by atoms with E-state index in [2.05, 4.69) is 6.58 Å². The van der Waals surface area contributed by atoms with Crippen molar-refractivity contribution in [1.29, 1.82) is 0 Å². The second-order valence-corrected chi connectivity index (χ2v) is 4.65. The number of rotatable bonds is 3. The van der Waals surface area contributed by atoms with Gasteiger partial charge in [0.2, 0.25) is 0 Å². The molecule has 0 heterocycles. The van der Waals surface area contributed by atoms with Crippen LogP contribution in [0.3, 0.4) is 0 Å². The molecule has 0 amide bonds. The maximum atomic E-state index is 10.6. The first-order valence-electron chi connectivity index (χ1n) is 4.21. The van der Waals surface area contributed by atoms with Crippen molar-refractivity contribution >= 4 is 10.1 Å². The van der Waals surface area contributed by atoms with E-state index in [-0.39, 0.29) is 34.5 Å². The molecule has 0 saturated heterocycles. The minimum absolute atomic E-state index is 0. The molecule has 82 valence electrons. The number of aliphatic hydroxyl groups is 1. The Labute approximate surface area is 117 Å². The molecule has 0 radical (unpaired) electrons. The van der Waals surface area contributed by atoms with Gasteiger partial charge in [0.15, 0.2) is 0 Å². The molecule has 0 aliphatic carbocycles. The largest absolute Gasteiger partial charge is 1.00 e. The summed E-state index contributed by atoms with van der Waals surface area (Å²) in [5.41, 5.74) is 1.06. The van der Waals surface area contributed by atoms with Crippen LogP contribution in [-0.2, 0) is 10.1 Å². The fourth-order valence-electron chi connectivity index (χ4n) is 1.10. The zero-order chi connectivity index (χ0) is 11.6. The maximum Gasteiger partial charge on any atom is 1.00 e. The van der Waals surface area contributed by atoms with Crippen LogP contribution in [-0.4, -0.2) is 18.1 Å². The third kappa shape index (κ3) is 4.01. The van der Waals surface area contributed by atoms with E-state index in [1.807, 2.05) is 0 Å². The van der Waals surface area contributed by atoms with E-state index in [9.17, 15) is 18.1 Å². The van der Waals surface area contributed by atoms with Gasteiger partial charge in [0, 0.05) is 0 Å². The summed E-state index contributed by atoms with van der Waals surface area (Å²) >= 11 is 0. The topological polar surface area (TPSA) is 77.4 Å². The monoisotopic (exact) mass is 250 g/mol.